The van der Waals surface area contributed by atoms with E-state index in [2.05, 4.69) is 39.0 Å². The van der Waals surface area contributed by atoms with Gasteiger partial charge in [0.1, 0.15) is 0 Å². The third-order valence-electron chi connectivity index (χ3n) is 8.62. The van der Waals surface area contributed by atoms with Crippen LogP contribution < -0.4 is 0 Å². The zero-order valence-corrected chi connectivity index (χ0v) is 15.4. The average Bonchev–Trinajstić information content (AvgIpc) is 2.87. The van der Waals surface area contributed by atoms with E-state index in [1.54, 1.807) is 5.57 Å². The Labute approximate surface area is 146 Å². The first-order chi connectivity index (χ1) is 11.4. The van der Waals surface area contributed by atoms with E-state index in [1.165, 1.54) is 32.1 Å². The maximum Gasteiger partial charge on any atom is 0.303 e. The summed E-state index contributed by atoms with van der Waals surface area (Å²) in [4.78, 5) is 11.0. The van der Waals surface area contributed by atoms with Crippen LogP contribution in [0.1, 0.15) is 65.7 Å². The van der Waals surface area contributed by atoms with E-state index >= 15 is 0 Å². The summed E-state index contributed by atoms with van der Waals surface area (Å²) in [6, 6.07) is 0. The first-order valence-corrected chi connectivity index (χ1v) is 9.98. The van der Waals surface area contributed by atoms with Gasteiger partial charge in [0.2, 0.25) is 0 Å². The number of carboxylic acid groups (broad SMARTS) is 1. The highest BCUT2D eigenvalue weighted by Crippen LogP contribution is 2.67. The van der Waals surface area contributed by atoms with Gasteiger partial charge in [-0.3, -0.25) is 4.79 Å². The molecular weight excluding hydrogens is 296 g/mol. The summed E-state index contributed by atoms with van der Waals surface area (Å²) in [5, 5.41) is 9.03. The van der Waals surface area contributed by atoms with Crippen molar-refractivity contribution in [3.05, 3.63) is 23.8 Å². The number of carboxylic acids is 1. The van der Waals surface area contributed by atoms with Gasteiger partial charge in [0, 0.05) is 11.8 Å². The Hall–Kier alpha value is -1.05. The van der Waals surface area contributed by atoms with Crippen molar-refractivity contribution in [2.24, 2.45) is 40.4 Å². The van der Waals surface area contributed by atoms with Crippen LogP contribution >= 0.6 is 0 Å². The van der Waals surface area contributed by atoms with Crippen molar-refractivity contribution in [1.82, 2.24) is 0 Å². The highest BCUT2D eigenvalue weighted by atomic mass is 16.4. The molecule has 2 saturated carbocycles. The molecule has 1 N–H and O–H groups in total. The molecule has 132 valence electrons. The second-order valence-corrected chi connectivity index (χ2v) is 9.53. The van der Waals surface area contributed by atoms with Crippen molar-refractivity contribution in [3.63, 3.8) is 0 Å². The van der Waals surface area contributed by atoms with E-state index in [1.807, 2.05) is 0 Å². The predicted molar refractivity (Wildman–Crippen MR) is 96.5 cm³/mol. The van der Waals surface area contributed by atoms with Crippen LogP contribution in [-0.4, -0.2) is 11.1 Å². The molecule has 0 amide bonds. The lowest BCUT2D eigenvalue weighted by Crippen LogP contribution is -2.50. The van der Waals surface area contributed by atoms with Gasteiger partial charge in [0.05, 0.1) is 0 Å². The molecule has 7 atom stereocenters. The van der Waals surface area contributed by atoms with Gasteiger partial charge in [0.25, 0.3) is 0 Å². The zero-order chi connectivity index (χ0) is 17.1. The smallest absolute Gasteiger partial charge is 0.303 e. The first-order valence-electron chi connectivity index (χ1n) is 9.98. The van der Waals surface area contributed by atoms with Gasteiger partial charge >= 0.3 is 5.97 Å². The van der Waals surface area contributed by atoms with Gasteiger partial charge in [-0.15, -0.1) is 0 Å². The molecule has 4 aliphatic carbocycles. The maximum absolute atomic E-state index is 11.0. The average molecular weight is 328 g/mol. The van der Waals surface area contributed by atoms with Crippen LogP contribution in [0.5, 0.6) is 0 Å². The van der Waals surface area contributed by atoms with E-state index < -0.39 is 5.97 Å². The fourth-order valence-electron chi connectivity index (χ4n) is 7.22. The van der Waals surface area contributed by atoms with E-state index in [-0.39, 0.29) is 0 Å². The Bertz CT molecular complexity index is 603. The lowest BCUT2D eigenvalue weighted by molar-refractivity contribution is -0.137. The van der Waals surface area contributed by atoms with Gasteiger partial charge in [-0.05, 0) is 79.1 Å². The third-order valence-corrected chi connectivity index (χ3v) is 8.62. The molecule has 0 spiro atoms. The molecule has 24 heavy (non-hydrogen) atoms. The molecule has 4 rings (SSSR count). The number of aliphatic carboxylic acids is 1. The van der Waals surface area contributed by atoms with Gasteiger partial charge in [-0.2, -0.15) is 0 Å². The van der Waals surface area contributed by atoms with Gasteiger partial charge in [0.15, 0.2) is 0 Å². The minimum atomic E-state index is -0.639. The number of fused-ring (bicyclic) bond motifs is 5. The van der Waals surface area contributed by atoms with E-state index in [0.717, 1.165) is 30.1 Å². The zero-order valence-electron chi connectivity index (χ0n) is 15.4. The molecule has 0 radical (unpaired) electrons. The fourth-order valence-corrected chi connectivity index (χ4v) is 7.22. The summed E-state index contributed by atoms with van der Waals surface area (Å²) < 4.78 is 0. The number of carbonyl (C=O) groups is 1. The quantitative estimate of drug-likeness (QED) is 0.745. The van der Waals surface area contributed by atoms with E-state index in [4.69, 9.17) is 5.11 Å². The summed E-state index contributed by atoms with van der Waals surface area (Å²) in [6.07, 6.45) is 15.1. The molecule has 2 nitrogen and oxygen atoms in total. The molecule has 0 aromatic heterocycles. The monoisotopic (exact) mass is 328 g/mol. The third kappa shape index (κ3) is 2.17. The molecule has 0 saturated heterocycles. The Morgan fingerprint density at radius 1 is 1.29 bits per heavy atom. The molecule has 0 heterocycles. The van der Waals surface area contributed by atoms with Crippen LogP contribution in [0.2, 0.25) is 0 Å². The van der Waals surface area contributed by atoms with Crippen LogP contribution in [0, 0.1) is 40.4 Å². The largest absolute Gasteiger partial charge is 0.481 e. The summed E-state index contributed by atoms with van der Waals surface area (Å²) >= 11 is 0. The molecule has 2 fully saturated rings. The van der Waals surface area contributed by atoms with Crippen molar-refractivity contribution in [2.75, 3.05) is 0 Å². The molecule has 0 aromatic carbocycles. The van der Waals surface area contributed by atoms with Gasteiger partial charge in [-0.25, -0.2) is 0 Å². The molecule has 0 aliphatic heterocycles. The Morgan fingerprint density at radius 3 is 2.75 bits per heavy atom. The number of hydrogen-bond acceptors (Lipinski definition) is 1. The molecule has 0 aromatic rings. The Balaban J connectivity index is 1.53. The fraction of sp³-hybridized carbons (Fsp3) is 0.773. The molecular formula is C22H32O2. The maximum atomic E-state index is 11.0. The number of rotatable bonds is 4. The Morgan fingerprint density at radius 2 is 2.08 bits per heavy atom. The van der Waals surface area contributed by atoms with E-state index in [0.29, 0.717) is 23.2 Å². The molecule has 2 heteroatoms. The highest BCUT2D eigenvalue weighted by molar-refractivity contribution is 5.66. The van der Waals surface area contributed by atoms with Crippen LogP contribution in [0.25, 0.3) is 0 Å². The Kier molecular flexibility index (Phi) is 3.75. The van der Waals surface area contributed by atoms with Crippen LogP contribution in [0.4, 0.5) is 0 Å². The highest BCUT2D eigenvalue weighted by Gasteiger charge is 2.58. The molecule has 4 aliphatic rings. The number of allylic oxidation sites excluding steroid dienone is 4. The van der Waals surface area contributed by atoms with Crippen molar-refractivity contribution in [1.29, 1.82) is 0 Å². The van der Waals surface area contributed by atoms with Crippen LogP contribution in [0.3, 0.4) is 0 Å². The molecule has 0 unspecified atom stereocenters. The van der Waals surface area contributed by atoms with Crippen LogP contribution in [-0.2, 0) is 4.79 Å². The minimum absolute atomic E-state index is 0.333. The number of hydrogen-bond donors (Lipinski definition) is 1. The summed E-state index contributed by atoms with van der Waals surface area (Å²) in [5.41, 5.74) is 2.39. The minimum Gasteiger partial charge on any atom is -0.481 e. The normalized spacial score (nSPS) is 47.0. The molecule has 0 bridgehead atoms. The first kappa shape index (κ1) is 16.4. The lowest BCUT2D eigenvalue weighted by Gasteiger charge is -2.58. The predicted octanol–water partition coefficient (Wildman–Crippen LogP) is 5.45. The van der Waals surface area contributed by atoms with E-state index in [9.17, 15) is 4.79 Å². The SMILES string of the molecule is C[C@H](CCC(=O)O)[C@H]1CC[C@H]2[C@@H]3CC=C4C=C[C@@]4(C)[C@H]3CC[C@]12C. The lowest BCUT2D eigenvalue weighted by atomic mass is 9.47. The van der Waals surface area contributed by atoms with Crippen LogP contribution in [0.15, 0.2) is 23.8 Å². The standard InChI is InChI=1S/C22H32O2/c1-14(4-9-20(23)24)17-7-8-18-16-6-5-15-10-12-21(15,2)19(16)11-13-22(17,18)3/h5,10,12,14,16-19H,4,6-9,11,13H2,1-3H3,(H,23,24)/t14-,16+,17-,18+,19+,21-,22-/m1/s1. The second kappa shape index (κ2) is 5.47. The van der Waals surface area contributed by atoms with Gasteiger partial charge < -0.3 is 5.11 Å². The topological polar surface area (TPSA) is 37.3 Å². The second-order valence-electron chi connectivity index (χ2n) is 9.53. The van der Waals surface area contributed by atoms with Crippen molar-refractivity contribution < 1.29 is 9.90 Å². The summed E-state index contributed by atoms with van der Waals surface area (Å²) in [6.45, 7) is 7.31. The summed E-state index contributed by atoms with van der Waals surface area (Å²) in [7, 11) is 0. The van der Waals surface area contributed by atoms with Crippen molar-refractivity contribution in [2.45, 2.75) is 65.7 Å². The van der Waals surface area contributed by atoms with Gasteiger partial charge in [-0.1, -0.05) is 39.0 Å². The van der Waals surface area contributed by atoms with Crippen molar-refractivity contribution in [3.8, 4) is 0 Å². The summed E-state index contributed by atoms with van der Waals surface area (Å²) in [5.74, 6) is 3.16. The van der Waals surface area contributed by atoms with Crippen molar-refractivity contribution >= 4 is 5.97 Å².